The summed E-state index contributed by atoms with van der Waals surface area (Å²) in [7, 11) is 0.0445. The Hall–Kier alpha value is -3.59. The van der Waals surface area contributed by atoms with Crippen LogP contribution in [0.15, 0.2) is 83.8 Å². The van der Waals surface area contributed by atoms with Crippen molar-refractivity contribution in [2.75, 3.05) is 20.5 Å². The molecule has 1 atom stereocenters. The first kappa shape index (κ1) is 28.5. The molecule has 1 unspecified atom stereocenters. The molecule has 1 aliphatic rings. The van der Waals surface area contributed by atoms with Crippen molar-refractivity contribution in [3.05, 3.63) is 101 Å². The maximum Gasteiger partial charge on any atom is 0.175 e. The van der Waals surface area contributed by atoms with Crippen LogP contribution in [0.1, 0.15) is 23.2 Å². The number of aryl methyl sites for hydroxylation is 1. The molecule has 5 aromatic rings. The average Bonchev–Trinajstić information content (AvgIpc) is 3.64. The van der Waals surface area contributed by atoms with Crippen LogP contribution in [0, 0.1) is 5.92 Å². The van der Waals surface area contributed by atoms with E-state index >= 15 is 0 Å². The SMILES string of the molecule is COc1cc2c(cc1OC)CC(Cc1cc(-c3ccc(-c4cccc(S(C)(=O)=O)c4)s3)n(-c3ccccc3Cl)n1)CC2. The van der Waals surface area contributed by atoms with Crippen LogP contribution in [0.3, 0.4) is 0 Å². The summed E-state index contributed by atoms with van der Waals surface area (Å²) >= 11 is 8.26. The Labute approximate surface area is 255 Å². The molecule has 0 amide bonds. The van der Waals surface area contributed by atoms with Gasteiger partial charge in [0, 0.05) is 11.1 Å². The molecule has 9 heteroatoms. The molecule has 0 radical (unpaired) electrons. The van der Waals surface area contributed by atoms with E-state index in [0.717, 1.165) is 69.6 Å². The van der Waals surface area contributed by atoms with Crippen molar-refractivity contribution < 1.29 is 17.9 Å². The van der Waals surface area contributed by atoms with Crippen LogP contribution in [0.5, 0.6) is 11.5 Å². The maximum atomic E-state index is 12.1. The third-order valence-corrected chi connectivity index (χ3v) is 10.4. The van der Waals surface area contributed by atoms with Gasteiger partial charge in [-0.2, -0.15) is 5.10 Å². The average molecular weight is 619 g/mol. The van der Waals surface area contributed by atoms with Gasteiger partial charge < -0.3 is 9.47 Å². The highest BCUT2D eigenvalue weighted by Gasteiger charge is 2.24. The van der Waals surface area contributed by atoms with Gasteiger partial charge in [-0.25, -0.2) is 13.1 Å². The summed E-state index contributed by atoms with van der Waals surface area (Å²) in [6.45, 7) is 0. The number of rotatable bonds is 8. The monoisotopic (exact) mass is 618 g/mol. The van der Waals surface area contributed by atoms with Crippen LogP contribution in [0.2, 0.25) is 5.02 Å². The minimum atomic E-state index is -3.30. The smallest absolute Gasteiger partial charge is 0.175 e. The number of para-hydroxylation sites is 1. The van der Waals surface area contributed by atoms with Crippen molar-refractivity contribution in [3.63, 3.8) is 0 Å². The lowest BCUT2D eigenvalue weighted by atomic mass is 9.81. The van der Waals surface area contributed by atoms with Crippen molar-refractivity contribution in [3.8, 4) is 38.2 Å². The molecule has 216 valence electrons. The van der Waals surface area contributed by atoms with E-state index in [1.807, 2.05) is 41.1 Å². The second kappa shape index (κ2) is 11.6. The highest BCUT2D eigenvalue weighted by Crippen LogP contribution is 2.39. The number of sulfone groups is 1. The van der Waals surface area contributed by atoms with Gasteiger partial charge in [-0.05, 0) is 103 Å². The number of ether oxygens (including phenoxy) is 2. The Kier molecular flexibility index (Phi) is 7.87. The van der Waals surface area contributed by atoms with Gasteiger partial charge in [0.15, 0.2) is 21.3 Å². The fourth-order valence-electron chi connectivity index (χ4n) is 5.65. The van der Waals surface area contributed by atoms with E-state index in [0.29, 0.717) is 15.8 Å². The minimum Gasteiger partial charge on any atom is -0.493 e. The van der Waals surface area contributed by atoms with Gasteiger partial charge in [0.05, 0.1) is 46.1 Å². The Morgan fingerprint density at radius 2 is 1.67 bits per heavy atom. The van der Waals surface area contributed by atoms with E-state index < -0.39 is 9.84 Å². The van der Waals surface area contributed by atoms with E-state index in [1.54, 1.807) is 43.8 Å². The van der Waals surface area contributed by atoms with Crippen molar-refractivity contribution >= 4 is 32.8 Å². The summed E-state index contributed by atoms with van der Waals surface area (Å²) in [5, 5.41) is 5.70. The van der Waals surface area contributed by atoms with Gasteiger partial charge in [-0.1, -0.05) is 35.9 Å². The Morgan fingerprint density at radius 1 is 0.929 bits per heavy atom. The van der Waals surface area contributed by atoms with Crippen LogP contribution in [0.25, 0.3) is 26.7 Å². The zero-order chi connectivity index (χ0) is 29.4. The molecule has 2 aromatic heterocycles. The van der Waals surface area contributed by atoms with E-state index in [9.17, 15) is 8.42 Å². The third kappa shape index (κ3) is 5.71. The molecule has 0 N–H and O–H groups in total. The zero-order valence-corrected chi connectivity index (χ0v) is 26.0. The van der Waals surface area contributed by atoms with Crippen LogP contribution in [-0.4, -0.2) is 38.7 Å². The summed E-state index contributed by atoms with van der Waals surface area (Å²) in [6, 6.07) is 25.3. The lowest BCUT2D eigenvalue weighted by Gasteiger charge is -2.25. The largest absolute Gasteiger partial charge is 0.493 e. The van der Waals surface area contributed by atoms with E-state index in [4.69, 9.17) is 26.2 Å². The predicted octanol–water partition coefficient (Wildman–Crippen LogP) is 7.69. The Balaban J connectivity index is 1.34. The first-order valence-electron chi connectivity index (χ1n) is 13.7. The number of halogens is 1. The highest BCUT2D eigenvalue weighted by atomic mass is 35.5. The molecule has 0 fully saturated rings. The van der Waals surface area contributed by atoms with Gasteiger partial charge in [0.25, 0.3) is 0 Å². The number of methoxy groups -OCH3 is 2. The maximum absolute atomic E-state index is 12.1. The van der Waals surface area contributed by atoms with E-state index in [1.165, 1.54) is 17.4 Å². The highest BCUT2D eigenvalue weighted by molar-refractivity contribution is 7.90. The van der Waals surface area contributed by atoms with Crippen LogP contribution in [-0.2, 0) is 29.1 Å². The molecule has 0 aliphatic heterocycles. The summed E-state index contributed by atoms with van der Waals surface area (Å²) in [5.74, 6) is 1.98. The molecule has 0 spiro atoms. The first-order valence-corrected chi connectivity index (χ1v) is 16.8. The van der Waals surface area contributed by atoms with Crippen molar-refractivity contribution in [1.29, 1.82) is 0 Å². The molecule has 0 saturated heterocycles. The number of aromatic nitrogens is 2. The Bertz CT molecular complexity index is 1880. The molecule has 0 bridgehead atoms. The molecule has 2 heterocycles. The summed E-state index contributed by atoms with van der Waals surface area (Å²) in [4.78, 5) is 2.32. The lowest BCUT2D eigenvalue weighted by Crippen LogP contribution is -2.17. The van der Waals surface area contributed by atoms with E-state index in [-0.39, 0.29) is 0 Å². The fraction of sp³-hybridized carbons (Fsp3) is 0.242. The number of nitrogens with zero attached hydrogens (tertiary/aromatic N) is 2. The van der Waals surface area contributed by atoms with Gasteiger partial charge in [-0.15, -0.1) is 11.3 Å². The lowest BCUT2D eigenvalue weighted by molar-refractivity contribution is 0.351. The molecular formula is C33H31ClN2O4S2. The van der Waals surface area contributed by atoms with Gasteiger partial charge in [0.1, 0.15) is 0 Å². The van der Waals surface area contributed by atoms with Crippen LogP contribution >= 0.6 is 22.9 Å². The molecule has 6 nitrogen and oxygen atoms in total. The summed E-state index contributed by atoms with van der Waals surface area (Å²) in [5.41, 5.74) is 6.27. The molecule has 6 rings (SSSR count). The second-order valence-electron chi connectivity index (χ2n) is 10.6. The van der Waals surface area contributed by atoms with Crippen molar-refractivity contribution in [1.82, 2.24) is 9.78 Å². The summed E-state index contributed by atoms with van der Waals surface area (Å²) < 4.78 is 37.3. The molecular weight excluding hydrogens is 588 g/mol. The van der Waals surface area contributed by atoms with E-state index in [2.05, 4.69) is 24.3 Å². The minimum absolute atomic E-state index is 0.309. The van der Waals surface area contributed by atoms with Crippen LogP contribution in [0.4, 0.5) is 0 Å². The topological polar surface area (TPSA) is 70.4 Å². The number of hydrogen-bond donors (Lipinski definition) is 0. The predicted molar refractivity (Wildman–Crippen MR) is 169 cm³/mol. The molecule has 0 saturated carbocycles. The van der Waals surface area contributed by atoms with Crippen LogP contribution < -0.4 is 9.47 Å². The van der Waals surface area contributed by atoms with Crippen molar-refractivity contribution in [2.24, 2.45) is 5.92 Å². The Morgan fingerprint density at radius 3 is 2.40 bits per heavy atom. The number of fused-ring (bicyclic) bond motifs is 1. The van der Waals surface area contributed by atoms with Gasteiger partial charge >= 0.3 is 0 Å². The standard InChI is InChI=1S/C33H31ClN2O4S2/c1-39-30-18-22-12-11-21(15-24(22)19-31(30)40-2)16-25-20-29(36(35-25)28-10-5-4-9-27(28)34)33-14-13-32(41-33)23-7-6-8-26(17-23)42(3,37)38/h4-10,13-14,17-21H,11-12,15-16H2,1-3H3. The second-order valence-corrected chi connectivity index (χ2v) is 14.1. The van der Waals surface area contributed by atoms with Gasteiger partial charge in [0.2, 0.25) is 0 Å². The first-order chi connectivity index (χ1) is 20.2. The normalized spacial score (nSPS) is 14.9. The molecule has 42 heavy (non-hydrogen) atoms. The fourth-order valence-corrected chi connectivity index (χ4v) is 7.54. The number of thiophene rings is 1. The van der Waals surface area contributed by atoms with Gasteiger partial charge in [-0.3, -0.25) is 0 Å². The van der Waals surface area contributed by atoms with Crippen molar-refractivity contribution in [2.45, 2.75) is 30.6 Å². The number of hydrogen-bond acceptors (Lipinski definition) is 6. The molecule has 1 aliphatic carbocycles. The third-order valence-electron chi connectivity index (χ3n) is 7.78. The summed E-state index contributed by atoms with van der Waals surface area (Å²) in [6.07, 6.45) is 5.07. The quantitative estimate of drug-likeness (QED) is 0.178. The zero-order valence-electron chi connectivity index (χ0n) is 23.6. The molecule has 3 aromatic carbocycles. The number of benzene rings is 3.